The number of hydrogen-bond acceptors (Lipinski definition) is 2. The molecule has 0 saturated heterocycles. The lowest BCUT2D eigenvalue weighted by Gasteiger charge is -2.13. The summed E-state index contributed by atoms with van der Waals surface area (Å²) in [7, 11) is 0. The highest BCUT2D eigenvalue weighted by Gasteiger charge is 2.06. The molecule has 0 aliphatic heterocycles. The first-order valence-electron chi connectivity index (χ1n) is 7.98. The van der Waals surface area contributed by atoms with Crippen LogP contribution >= 0.6 is 0 Å². The molecule has 0 fully saturated rings. The zero-order valence-electron chi connectivity index (χ0n) is 14.4. The number of carbonyl (C=O) groups excluding carboxylic acids is 1. The quantitative estimate of drug-likeness (QED) is 0.827. The minimum absolute atomic E-state index is 0.0230. The summed E-state index contributed by atoms with van der Waals surface area (Å²) in [4.78, 5) is 11.9. The van der Waals surface area contributed by atoms with Gasteiger partial charge in [0.1, 0.15) is 12.4 Å². The zero-order valence-corrected chi connectivity index (χ0v) is 14.4. The Morgan fingerprint density at radius 1 is 0.957 bits per heavy atom. The molecule has 0 aromatic heterocycles. The Labute approximate surface area is 138 Å². The van der Waals surface area contributed by atoms with Crippen LogP contribution in [0.1, 0.15) is 27.8 Å². The van der Waals surface area contributed by atoms with Gasteiger partial charge in [-0.3, -0.25) is 4.79 Å². The number of rotatable bonds is 6. The van der Waals surface area contributed by atoms with E-state index in [1.165, 1.54) is 11.1 Å². The Hall–Kier alpha value is -2.29. The first-order chi connectivity index (χ1) is 11.0. The molecular formula is C20H25NO2. The van der Waals surface area contributed by atoms with Crippen LogP contribution in [0.4, 0.5) is 0 Å². The molecule has 0 radical (unpaired) electrons. The Morgan fingerprint density at radius 3 is 2.17 bits per heavy atom. The monoisotopic (exact) mass is 311 g/mol. The molecule has 2 aromatic carbocycles. The molecule has 122 valence electrons. The van der Waals surface area contributed by atoms with E-state index in [0.717, 1.165) is 22.4 Å². The smallest absolute Gasteiger partial charge is 0.224 e. The molecule has 0 aliphatic carbocycles. The lowest BCUT2D eigenvalue weighted by molar-refractivity contribution is -0.120. The van der Waals surface area contributed by atoms with Crippen LogP contribution in [0.2, 0.25) is 0 Å². The molecule has 1 N–H and O–H groups in total. The summed E-state index contributed by atoms with van der Waals surface area (Å²) in [6.45, 7) is 9.20. The second-order valence-electron chi connectivity index (χ2n) is 6.09. The Bertz CT molecular complexity index is 652. The van der Waals surface area contributed by atoms with Gasteiger partial charge in [-0.2, -0.15) is 0 Å². The summed E-state index contributed by atoms with van der Waals surface area (Å²) in [6, 6.07) is 12.2. The van der Waals surface area contributed by atoms with E-state index < -0.39 is 0 Å². The van der Waals surface area contributed by atoms with Gasteiger partial charge in [-0.05, 0) is 44.4 Å². The fourth-order valence-corrected chi connectivity index (χ4v) is 2.69. The zero-order chi connectivity index (χ0) is 16.8. The van der Waals surface area contributed by atoms with Gasteiger partial charge >= 0.3 is 0 Å². The molecule has 3 heteroatoms. The van der Waals surface area contributed by atoms with Gasteiger partial charge in [0, 0.05) is 0 Å². The average Bonchev–Trinajstić information content (AvgIpc) is 2.48. The molecule has 2 aromatic rings. The molecule has 0 bridgehead atoms. The highest BCUT2D eigenvalue weighted by molar-refractivity contribution is 5.78. The van der Waals surface area contributed by atoms with Crippen LogP contribution in [0.15, 0.2) is 36.4 Å². The summed E-state index contributed by atoms with van der Waals surface area (Å²) < 4.78 is 5.82. The van der Waals surface area contributed by atoms with E-state index >= 15 is 0 Å². The maximum absolute atomic E-state index is 11.9. The lowest BCUT2D eigenvalue weighted by atomic mass is 10.1. The number of amides is 1. The molecule has 0 atom stereocenters. The van der Waals surface area contributed by atoms with Gasteiger partial charge < -0.3 is 10.1 Å². The Kier molecular flexibility index (Phi) is 5.80. The van der Waals surface area contributed by atoms with Gasteiger partial charge in [0.05, 0.1) is 13.0 Å². The Morgan fingerprint density at radius 2 is 1.57 bits per heavy atom. The molecule has 0 heterocycles. The van der Waals surface area contributed by atoms with Crippen molar-refractivity contribution in [2.24, 2.45) is 0 Å². The predicted molar refractivity (Wildman–Crippen MR) is 94.0 cm³/mol. The molecular weight excluding hydrogens is 286 g/mol. The summed E-state index contributed by atoms with van der Waals surface area (Å²) in [5, 5.41) is 2.90. The maximum Gasteiger partial charge on any atom is 0.224 e. The number of hydrogen-bond donors (Lipinski definition) is 1. The molecule has 23 heavy (non-hydrogen) atoms. The van der Waals surface area contributed by atoms with Crippen molar-refractivity contribution in [3.8, 4) is 5.75 Å². The topological polar surface area (TPSA) is 38.3 Å². The minimum atomic E-state index is 0.0230. The predicted octanol–water partition coefficient (Wildman–Crippen LogP) is 3.66. The largest absolute Gasteiger partial charge is 0.491 e. The SMILES string of the molecule is Cc1ccc(CC(=O)NCCOc2c(C)cc(C)cc2C)cc1. The van der Waals surface area contributed by atoms with Crippen molar-refractivity contribution < 1.29 is 9.53 Å². The van der Waals surface area contributed by atoms with Crippen molar-refractivity contribution in [3.63, 3.8) is 0 Å². The molecule has 3 nitrogen and oxygen atoms in total. The van der Waals surface area contributed by atoms with Gasteiger partial charge in [0.2, 0.25) is 5.91 Å². The fourth-order valence-electron chi connectivity index (χ4n) is 2.69. The number of carbonyl (C=O) groups is 1. The highest BCUT2D eigenvalue weighted by atomic mass is 16.5. The maximum atomic E-state index is 11.9. The normalized spacial score (nSPS) is 10.4. The van der Waals surface area contributed by atoms with Gasteiger partial charge in [-0.15, -0.1) is 0 Å². The van der Waals surface area contributed by atoms with E-state index in [-0.39, 0.29) is 5.91 Å². The Balaban J connectivity index is 1.77. The summed E-state index contributed by atoms with van der Waals surface area (Å²) in [6.07, 6.45) is 0.406. The van der Waals surface area contributed by atoms with E-state index in [1.54, 1.807) is 0 Å². The van der Waals surface area contributed by atoms with Gasteiger partial charge in [-0.1, -0.05) is 47.5 Å². The van der Waals surface area contributed by atoms with E-state index in [0.29, 0.717) is 19.6 Å². The van der Waals surface area contributed by atoms with Crippen molar-refractivity contribution in [2.45, 2.75) is 34.1 Å². The van der Waals surface area contributed by atoms with E-state index in [9.17, 15) is 4.79 Å². The number of nitrogens with one attached hydrogen (secondary N) is 1. The van der Waals surface area contributed by atoms with Crippen LogP contribution in [0.3, 0.4) is 0 Å². The van der Waals surface area contributed by atoms with Crippen LogP contribution in [0, 0.1) is 27.7 Å². The molecule has 0 saturated carbocycles. The molecule has 0 unspecified atom stereocenters. The standard InChI is InChI=1S/C20H25NO2/c1-14-5-7-18(8-6-14)13-19(22)21-9-10-23-20-16(3)11-15(2)12-17(20)4/h5-8,11-12H,9-10,13H2,1-4H3,(H,21,22). The van der Waals surface area contributed by atoms with Crippen LogP contribution in [0.5, 0.6) is 5.75 Å². The van der Waals surface area contributed by atoms with Crippen LogP contribution < -0.4 is 10.1 Å². The molecule has 0 spiro atoms. The van der Waals surface area contributed by atoms with Crippen molar-refractivity contribution >= 4 is 5.91 Å². The fraction of sp³-hybridized carbons (Fsp3) is 0.350. The third kappa shape index (κ3) is 5.13. The number of ether oxygens (including phenoxy) is 1. The minimum Gasteiger partial charge on any atom is -0.491 e. The van der Waals surface area contributed by atoms with Gasteiger partial charge in [0.15, 0.2) is 0 Å². The van der Waals surface area contributed by atoms with E-state index in [1.807, 2.05) is 45.0 Å². The van der Waals surface area contributed by atoms with E-state index in [2.05, 4.69) is 24.4 Å². The third-order valence-corrected chi connectivity index (χ3v) is 3.76. The lowest BCUT2D eigenvalue weighted by Crippen LogP contribution is -2.29. The van der Waals surface area contributed by atoms with Crippen LogP contribution in [-0.4, -0.2) is 19.1 Å². The second-order valence-corrected chi connectivity index (χ2v) is 6.09. The van der Waals surface area contributed by atoms with Crippen molar-refractivity contribution in [3.05, 3.63) is 64.2 Å². The van der Waals surface area contributed by atoms with Crippen LogP contribution in [-0.2, 0) is 11.2 Å². The van der Waals surface area contributed by atoms with Gasteiger partial charge in [0.25, 0.3) is 0 Å². The number of aryl methyl sites for hydroxylation is 4. The van der Waals surface area contributed by atoms with Gasteiger partial charge in [-0.25, -0.2) is 0 Å². The summed E-state index contributed by atoms with van der Waals surface area (Å²) in [5.74, 6) is 0.943. The van der Waals surface area contributed by atoms with Crippen molar-refractivity contribution in [1.82, 2.24) is 5.32 Å². The summed E-state index contributed by atoms with van der Waals surface area (Å²) >= 11 is 0. The third-order valence-electron chi connectivity index (χ3n) is 3.76. The summed E-state index contributed by atoms with van der Waals surface area (Å²) in [5.41, 5.74) is 5.73. The first kappa shape index (κ1) is 17.1. The van der Waals surface area contributed by atoms with Crippen LogP contribution in [0.25, 0.3) is 0 Å². The molecule has 0 aliphatic rings. The highest BCUT2D eigenvalue weighted by Crippen LogP contribution is 2.24. The molecule has 1 amide bonds. The average molecular weight is 311 g/mol. The van der Waals surface area contributed by atoms with Crippen molar-refractivity contribution in [1.29, 1.82) is 0 Å². The van der Waals surface area contributed by atoms with Crippen molar-refractivity contribution in [2.75, 3.05) is 13.2 Å². The van der Waals surface area contributed by atoms with E-state index in [4.69, 9.17) is 4.74 Å². The second kappa shape index (κ2) is 7.82. The molecule has 2 rings (SSSR count). The first-order valence-corrected chi connectivity index (χ1v) is 7.98. The number of benzene rings is 2.